The Kier molecular flexibility index (Phi) is 8.28. The van der Waals surface area contributed by atoms with Crippen molar-refractivity contribution in [2.75, 3.05) is 18.4 Å². The number of likely N-dealkylation sites (tertiary alicyclic amines) is 1. The van der Waals surface area contributed by atoms with E-state index in [4.69, 9.17) is 9.47 Å². The number of carbonyl (C=O) groups excluding carboxylic acids is 2. The number of anilines is 1. The molecule has 6 heteroatoms. The molecule has 0 bridgehead atoms. The highest BCUT2D eigenvalue weighted by atomic mass is 16.6. The lowest BCUT2D eigenvalue weighted by Crippen LogP contribution is -2.38. The maximum atomic E-state index is 12.6. The largest absolute Gasteiger partial charge is 0.460 e. The van der Waals surface area contributed by atoms with Crippen molar-refractivity contribution in [1.29, 1.82) is 0 Å². The molecule has 1 aliphatic rings. The molecular weight excluding hydrogens is 404 g/mol. The molecule has 172 valence electrons. The Labute approximate surface area is 190 Å². The van der Waals surface area contributed by atoms with Gasteiger partial charge < -0.3 is 9.47 Å². The number of nitrogens with one attached hydrogen (secondary N) is 1. The van der Waals surface area contributed by atoms with Gasteiger partial charge >= 0.3 is 12.1 Å². The lowest BCUT2D eigenvalue weighted by atomic mass is 10.1. The van der Waals surface area contributed by atoms with Crippen LogP contribution in [0, 0.1) is 0 Å². The van der Waals surface area contributed by atoms with Crippen molar-refractivity contribution in [2.45, 2.75) is 64.7 Å². The zero-order valence-electron chi connectivity index (χ0n) is 19.3. The predicted octanol–water partition coefficient (Wildman–Crippen LogP) is 5.17. The maximum absolute atomic E-state index is 12.6. The van der Waals surface area contributed by atoms with Crippen LogP contribution in [-0.4, -0.2) is 41.7 Å². The van der Waals surface area contributed by atoms with Crippen LogP contribution in [0.1, 0.15) is 51.2 Å². The number of hydrogen-bond acceptors (Lipinski definition) is 5. The first-order chi connectivity index (χ1) is 15.3. The normalized spacial score (nSPS) is 16.5. The zero-order valence-corrected chi connectivity index (χ0v) is 19.3. The minimum absolute atomic E-state index is 0.121. The number of rotatable bonds is 8. The highest BCUT2D eigenvalue weighted by Crippen LogP contribution is 2.20. The van der Waals surface area contributed by atoms with Gasteiger partial charge in [-0.05, 0) is 82.8 Å². The average molecular weight is 439 g/mol. The second-order valence-corrected chi connectivity index (χ2v) is 9.21. The van der Waals surface area contributed by atoms with Gasteiger partial charge in [-0.15, -0.1) is 0 Å². The molecule has 1 heterocycles. The Balaban J connectivity index is 1.41. The van der Waals surface area contributed by atoms with Crippen molar-refractivity contribution in [3.63, 3.8) is 0 Å². The highest BCUT2D eigenvalue weighted by molar-refractivity contribution is 5.84. The summed E-state index contributed by atoms with van der Waals surface area (Å²) >= 11 is 0. The molecule has 3 rings (SSSR count). The molecule has 0 radical (unpaired) electrons. The number of amides is 1. The fourth-order valence-corrected chi connectivity index (χ4v) is 3.85. The topological polar surface area (TPSA) is 67.9 Å². The van der Waals surface area contributed by atoms with Crippen molar-refractivity contribution in [3.05, 3.63) is 65.7 Å². The quantitative estimate of drug-likeness (QED) is 0.576. The van der Waals surface area contributed by atoms with Crippen molar-refractivity contribution >= 4 is 17.7 Å². The smallest absolute Gasteiger partial charge is 0.412 e. The number of hydrogen-bond donors (Lipinski definition) is 1. The van der Waals surface area contributed by atoms with Crippen molar-refractivity contribution in [1.82, 2.24) is 4.90 Å². The highest BCUT2D eigenvalue weighted by Gasteiger charge is 2.31. The number of nitrogens with zero attached hydrogens (tertiary/aromatic N) is 1. The zero-order chi connectivity index (χ0) is 23.0. The van der Waals surface area contributed by atoms with E-state index in [0.717, 1.165) is 44.3 Å². The summed E-state index contributed by atoms with van der Waals surface area (Å²) in [7, 11) is 0. The number of benzene rings is 2. The fraction of sp³-hybridized carbons (Fsp3) is 0.462. The summed E-state index contributed by atoms with van der Waals surface area (Å²) in [6.45, 7) is 7.64. The summed E-state index contributed by atoms with van der Waals surface area (Å²) in [5.74, 6) is -0.121. The molecule has 2 aromatic rings. The van der Waals surface area contributed by atoms with Gasteiger partial charge in [0.05, 0.1) is 0 Å². The number of carbonyl (C=O) groups is 2. The van der Waals surface area contributed by atoms with E-state index in [1.54, 1.807) is 0 Å². The summed E-state index contributed by atoms with van der Waals surface area (Å²) in [6.07, 6.45) is 3.30. The van der Waals surface area contributed by atoms with E-state index in [-0.39, 0.29) is 12.0 Å². The minimum Gasteiger partial charge on any atom is -0.460 e. The standard InChI is InChI=1S/C26H34N2O4/c1-26(2,3)32-25(30)27-22-15-13-20(14-16-22)11-7-17-28-18-8-12-23(28)24(29)31-19-21-9-5-4-6-10-21/h4-6,9-10,13-16,23H,7-8,11-12,17-19H2,1-3H3,(H,27,30)/t23-/m0/s1. The summed E-state index contributed by atoms with van der Waals surface area (Å²) in [5, 5.41) is 2.75. The SMILES string of the molecule is CC(C)(C)OC(=O)Nc1ccc(CCCN2CCC[C@H]2C(=O)OCc2ccccc2)cc1. The Hall–Kier alpha value is -2.86. The van der Waals surface area contributed by atoms with Gasteiger partial charge in [-0.3, -0.25) is 15.0 Å². The van der Waals surface area contributed by atoms with Gasteiger partial charge in [0.25, 0.3) is 0 Å². The summed E-state index contributed by atoms with van der Waals surface area (Å²) in [6, 6.07) is 17.5. The molecule has 1 amide bonds. The summed E-state index contributed by atoms with van der Waals surface area (Å²) in [4.78, 5) is 26.7. The monoisotopic (exact) mass is 438 g/mol. The third-order valence-corrected chi connectivity index (χ3v) is 5.37. The van der Waals surface area contributed by atoms with Crippen LogP contribution in [0.5, 0.6) is 0 Å². The first-order valence-electron chi connectivity index (χ1n) is 11.3. The Bertz CT molecular complexity index is 875. The van der Waals surface area contributed by atoms with E-state index in [2.05, 4.69) is 10.2 Å². The molecule has 0 saturated carbocycles. The molecule has 2 aromatic carbocycles. The third-order valence-electron chi connectivity index (χ3n) is 5.37. The van der Waals surface area contributed by atoms with Gasteiger partial charge in [0, 0.05) is 5.69 Å². The van der Waals surface area contributed by atoms with Crippen LogP contribution in [0.25, 0.3) is 0 Å². The van der Waals surface area contributed by atoms with Crippen LogP contribution in [0.2, 0.25) is 0 Å². The van der Waals surface area contributed by atoms with E-state index in [1.807, 2.05) is 75.4 Å². The lowest BCUT2D eigenvalue weighted by molar-refractivity contribution is -0.150. The number of aryl methyl sites for hydroxylation is 1. The van der Waals surface area contributed by atoms with Crippen LogP contribution < -0.4 is 5.32 Å². The first kappa shape index (κ1) is 23.8. The maximum Gasteiger partial charge on any atom is 0.412 e. The molecule has 1 fully saturated rings. The van der Waals surface area contributed by atoms with Gasteiger partial charge in [-0.2, -0.15) is 0 Å². The van der Waals surface area contributed by atoms with Crippen LogP contribution in [0.3, 0.4) is 0 Å². The number of esters is 1. The van der Waals surface area contributed by atoms with Crippen LogP contribution in [0.15, 0.2) is 54.6 Å². The third kappa shape index (κ3) is 7.68. The average Bonchev–Trinajstić information content (AvgIpc) is 3.21. The summed E-state index contributed by atoms with van der Waals surface area (Å²) < 4.78 is 10.8. The van der Waals surface area contributed by atoms with Gasteiger partial charge in [0.1, 0.15) is 18.2 Å². The molecular formula is C26H34N2O4. The van der Waals surface area contributed by atoms with Gasteiger partial charge in [0.15, 0.2) is 0 Å². The van der Waals surface area contributed by atoms with E-state index < -0.39 is 11.7 Å². The minimum atomic E-state index is -0.522. The second kappa shape index (κ2) is 11.1. The first-order valence-corrected chi connectivity index (χ1v) is 11.3. The van der Waals surface area contributed by atoms with Crippen molar-refractivity contribution in [3.8, 4) is 0 Å². The van der Waals surface area contributed by atoms with E-state index >= 15 is 0 Å². The van der Waals surface area contributed by atoms with Crippen molar-refractivity contribution in [2.24, 2.45) is 0 Å². The Morgan fingerprint density at radius 2 is 1.75 bits per heavy atom. The molecule has 6 nitrogen and oxygen atoms in total. The van der Waals surface area contributed by atoms with Gasteiger partial charge in [-0.1, -0.05) is 42.5 Å². The van der Waals surface area contributed by atoms with Crippen LogP contribution in [0.4, 0.5) is 10.5 Å². The lowest BCUT2D eigenvalue weighted by Gasteiger charge is -2.23. The van der Waals surface area contributed by atoms with Crippen LogP contribution in [-0.2, 0) is 27.3 Å². The van der Waals surface area contributed by atoms with Gasteiger partial charge in [-0.25, -0.2) is 4.79 Å². The van der Waals surface area contributed by atoms with E-state index in [1.165, 1.54) is 5.56 Å². The fourth-order valence-electron chi connectivity index (χ4n) is 3.85. The Morgan fingerprint density at radius 3 is 2.44 bits per heavy atom. The molecule has 0 aromatic heterocycles. The Morgan fingerprint density at radius 1 is 1.03 bits per heavy atom. The number of ether oxygens (including phenoxy) is 2. The predicted molar refractivity (Wildman–Crippen MR) is 125 cm³/mol. The summed E-state index contributed by atoms with van der Waals surface area (Å²) in [5.41, 5.74) is 2.40. The molecule has 32 heavy (non-hydrogen) atoms. The van der Waals surface area contributed by atoms with Gasteiger partial charge in [0.2, 0.25) is 0 Å². The second-order valence-electron chi connectivity index (χ2n) is 9.21. The van der Waals surface area contributed by atoms with E-state index in [0.29, 0.717) is 12.3 Å². The van der Waals surface area contributed by atoms with Crippen LogP contribution >= 0.6 is 0 Å². The van der Waals surface area contributed by atoms with E-state index in [9.17, 15) is 9.59 Å². The molecule has 1 atom stereocenters. The molecule has 0 aliphatic carbocycles. The van der Waals surface area contributed by atoms with Crippen molar-refractivity contribution < 1.29 is 19.1 Å². The molecule has 0 unspecified atom stereocenters. The molecule has 1 aliphatic heterocycles. The molecule has 0 spiro atoms. The molecule has 1 N–H and O–H groups in total. The molecule has 1 saturated heterocycles.